The van der Waals surface area contributed by atoms with Gasteiger partial charge in [0.2, 0.25) is 5.91 Å². The SMILES string of the molecule is CN1CCN(c2cncc3[nH]c(-c4n[nH]c5cnc(-c6cncc(NC(=O)Cc7ccccc7)c6)cc45)cc23)CC1. The van der Waals surface area contributed by atoms with E-state index in [9.17, 15) is 4.79 Å². The first-order valence-corrected chi connectivity index (χ1v) is 13.6. The smallest absolute Gasteiger partial charge is 0.228 e. The minimum Gasteiger partial charge on any atom is -0.367 e. The van der Waals surface area contributed by atoms with Crippen LogP contribution in [0.5, 0.6) is 0 Å². The lowest BCUT2D eigenvalue weighted by molar-refractivity contribution is -0.115. The van der Waals surface area contributed by atoms with E-state index < -0.39 is 0 Å². The van der Waals surface area contributed by atoms with Crippen LogP contribution >= 0.6 is 0 Å². The van der Waals surface area contributed by atoms with Gasteiger partial charge in [0.05, 0.1) is 65.0 Å². The number of aromatic amines is 2. The van der Waals surface area contributed by atoms with E-state index in [0.717, 1.165) is 81.9 Å². The molecular weight excluding hydrogens is 514 g/mol. The first-order chi connectivity index (χ1) is 20.1. The Kier molecular flexibility index (Phi) is 6.36. The number of aromatic nitrogens is 6. The number of benzene rings is 1. The molecule has 0 radical (unpaired) electrons. The first-order valence-electron chi connectivity index (χ1n) is 13.6. The molecule has 1 aliphatic rings. The predicted molar refractivity (Wildman–Crippen MR) is 161 cm³/mol. The molecular formula is C31H29N9O. The lowest BCUT2D eigenvalue weighted by Crippen LogP contribution is -2.44. The van der Waals surface area contributed by atoms with E-state index >= 15 is 0 Å². The molecule has 0 bridgehead atoms. The Balaban J connectivity index is 1.18. The summed E-state index contributed by atoms with van der Waals surface area (Å²) in [6, 6.07) is 15.7. The normalized spacial score (nSPS) is 14.1. The van der Waals surface area contributed by atoms with Gasteiger partial charge in [0.1, 0.15) is 5.69 Å². The molecule has 7 rings (SSSR count). The number of nitrogens with zero attached hydrogens (tertiary/aromatic N) is 6. The van der Waals surface area contributed by atoms with E-state index in [1.807, 2.05) is 54.9 Å². The molecule has 10 heteroatoms. The number of pyridine rings is 3. The highest BCUT2D eigenvalue weighted by Crippen LogP contribution is 2.34. The van der Waals surface area contributed by atoms with Crippen molar-refractivity contribution < 1.29 is 4.79 Å². The van der Waals surface area contributed by atoms with E-state index in [4.69, 9.17) is 0 Å². The Morgan fingerprint density at radius 1 is 0.902 bits per heavy atom. The van der Waals surface area contributed by atoms with Crippen LogP contribution in [0.2, 0.25) is 0 Å². The summed E-state index contributed by atoms with van der Waals surface area (Å²) < 4.78 is 0. The van der Waals surface area contributed by atoms with Crippen molar-refractivity contribution in [3.63, 3.8) is 0 Å². The fourth-order valence-corrected chi connectivity index (χ4v) is 5.38. The van der Waals surface area contributed by atoms with Crippen LogP contribution in [0.15, 0.2) is 79.5 Å². The molecule has 1 saturated heterocycles. The second kappa shape index (κ2) is 10.5. The van der Waals surface area contributed by atoms with Crippen molar-refractivity contribution in [3.05, 3.63) is 85.1 Å². The van der Waals surface area contributed by atoms with E-state index in [1.54, 1.807) is 18.6 Å². The molecule has 0 atom stereocenters. The molecule has 0 spiro atoms. The van der Waals surface area contributed by atoms with Gasteiger partial charge in [-0.25, -0.2) is 0 Å². The molecule has 0 aliphatic carbocycles. The zero-order valence-corrected chi connectivity index (χ0v) is 22.6. The number of nitrogens with one attached hydrogen (secondary N) is 3. The zero-order valence-electron chi connectivity index (χ0n) is 22.6. The molecule has 6 heterocycles. The van der Waals surface area contributed by atoms with Gasteiger partial charge >= 0.3 is 0 Å². The minimum atomic E-state index is -0.0973. The van der Waals surface area contributed by atoms with Crippen LogP contribution in [-0.2, 0) is 11.2 Å². The Morgan fingerprint density at radius 2 is 1.73 bits per heavy atom. The summed E-state index contributed by atoms with van der Waals surface area (Å²) in [5.74, 6) is -0.0973. The van der Waals surface area contributed by atoms with Crippen LogP contribution in [0, 0.1) is 0 Å². The number of anilines is 2. The molecule has 10 nitrogen and oxygen atoms in total. The second-order valence-corrected chi connectivity index (χ2v) is 10.5. The summed E-state index contributed by atoms with van der Waals surface area (Å²) >= 11 is 0. The van der Waals surface area contributed by atoms with E-state index in [0.29, 0.717) is 12.1 Å². The molecule has 0 saturated carbocycles. The first kappa shape index (κ1) is 24.9. The van der Waals surface area contributed by atoms with Crippen LogP contribution in [0.3, 0.4) is 0 Å². The Labute approximate surface area is 236 Å². The largest absolute Gasteiger partial charge is 0.367 e. The average Bonchev–Trinajstić information content (AvgIpc) is 3.62. The fourth-order valence-electron chi connectivity index (χ4n) is 5.38. The number of piperazine rings is 1. The molecule has 1 fully saturated rings. The highest BCUT2D eigenvalue weighted by Gasteiger charge is 2.19. The Bertz CT molecular complexity index is 1850. The summed E-state index contributed by atoms with van der Waals surface area (Å²) in [6.45, 7) is 4.00. The number of H-pyrrole nitrogens is 2. The highest BCUT2D eigenvalue weighted by molar-refractivity contribution is 6.00. The number of hydrogen-bond acceptors (Lipinski definition) is 7. The number of amides is 1. The average molecular weight is 544 g/mol. The van der Waals surface area contributed by atoms with Gasteiger partial charge in [0.15, 0.2) is 0 Å². The fraction of sp³-hybridized carbons (Fsp3) is 0.194. The highest BCUT2D eigenvalue weighted by atomic mass is 16.1. The maximum absolute atomic E-state index is 12.6. The number of likely N-dealkylation sites (N-methyl/N-ethyl adjacent to an activating group) is 1. The van der Waals surface area contributed by atoms with E-state index in [2.05, 4.69) is 58.4 Å². The Hall–Kier alpha value is -5.09. The molecule has 6 aromatic rings. The van der Waals surface area contributed by atoms with Gasteiger partial charge < -0.3 is 20.1 Å². The maximum Gasteiger partial charge on any atom is 0.228 e. The van der Waals surface area contributed by atoms with Gasteiger partial charge in [-0.3, -0.25) is 24.8 Å². The standard InChI is InChI=1S/C31H29N9O/c1-39-7-9-40(10-8-39)29-19-33-17-27-23(29)13-26(36-27)31-24-14-25(34-18-28(24)37-38-31)21-12-22(16-32-15-21)35-30(41)11-20-5-3-2-4-6-20/h2-6,12-19,36H,7-11H2,1H3,(H,35,41)(H,37,38). The van der Waals surface area contributed by atoms with E-state index in [1.165, 1.54) is 0 Å². The second-order valence-electron chi connectivity index (χ2n) is 10.5. The number of carbonyl (C=O) groups is 1. The van der Waals surface area contributed by atoms with Crippen molar-refractivity contribution in [1.82, 2.24) is 35.0 Å². The van der Waals surface area contributed by atoms with Gasteiger partial charge in [0, 0.05) is 48.7 Å². The summed E-state index contributed by atoms with van der Waals surface area (Å²) in [5.41, 5.74) is 7.78. The Morgan fingerprint density at radius 3 is 2.59 bits per heavy atom. The monoisotopic (exact) mass is 543 g/mol. The van der Waals surface area contributed by atoms with Crippen LogP contribution in [0.4, 0.5) is 11.4 Å². The molecule has 204 valence electrons. The van der Waals surface area contributed by atoms with Gasteiger partial charge in [-0.2, -0.15) is 5.10 Å². The molecule has 1 aromatic carbocycles. The number of fused-ring (bicyclic) bond motifs is 2. The van der Waals surface area contributed by atoms with Crippen molar-refractivity contribution >= 4 is 39.1 Å². The number of hydrogen-bond donors (Lipinski definition) is 3. The maximum atomic E-state index is 12.6. The molecule has 41 heavy (non-hydrogen) atoms. The van der Waals surface area contributed by atoms with E-state index in [-0.39, 0.29) is 5.91 Å². The van der Waals surface area contributed by atoms with Gasteiger partial charge in [-0.1, -0.05) is 30.3 Å². The van der Waals surface area contributed by atoms with Gasteiger partial charge in [-0.15, -0.1) is 0 Å². The molecule has 3 N–H and O–H groups in total. The molecule has 0 unspecified atom stereocenters. The van der Waals surface area contributed by atoms with Gasteiger partial charge in [-0.05, 0) is 30.8 Å². The molecule has 5 aromatic heterocycles. The number of rotatable bonds is 6. The number of carbonyl (C=O) groups excluding carboxylic acids is 1. The van der Waals surface area contributed by atoms with Crippen LogP contribution in [0.1, 0.15) is 5.56 Å². The predicted octanol–water partition coefficient (Wildman–Crippen LogP) is 4.50. The zero-order chi connectivity index (χ0) is 27.8. The lowest BCUT2D eigenvalue weighted by Gasteiger charge is -2.34. The third-order valence-corrected chi connectivity index (χ3v) is 7.60. The van der Waals surface area contributed by atoms with Crippen molar-refractivity contribution in [3.8, 4) is 22.6 Å². The summed E-state index contributed by atoms with van der Waals surface area (Å²) in [5, 5.41) is 12.8. The lowest BCUT2D eigenvalue weighted by atomic mass is 10.1. The summed E-state index contributed by atoms with van der Waals surface area (Å²) in [4.78, 5) is 34.4. The third-order valence-electron chi connectivity index (χ3n) is 7.60. The third kappa shape index (κ3) is 5.01. The quantitative estimate of drug-likeness (QED) is 0.283. The summed E-state index contributed by atoms with van der Waals surface area (Å²) in [7, 11) is 2.16. The molecule has 1 amide bonds. The van der Waals surface area contributed by atoms with Crippen molar-refractivity contribution in [1.29, 1.82) is 0 Å². The van der Waals surface area contributed by atoms with Crippen LogP contribution in [-0.4, -0.2) is 74.2 Å². The summed E-state index contributed by atoms with van der Waals surface area (Å²) in [6.07, 6.45) is 9.28. The minimum absolute atomic E-state index is 0.0973. The van der Waals surface area contributed by atoms with Crippen LogP contribution < -0.4 is 10.2 Å². The van der Waals surface area contributed by atoms with Crippen molar-refractivity contribution in [2.75, 3.05) is 43.4 Å². The van der Waals surface area contributed by atoms with Crippen LogP contribution in [0.25, 0.3) is 44.5 Å². The topological polar surface area (TPSA) is 119 Å². The van der Waals surface area contributed by atoms with Crippen molar-refractivity contribution in [2.24, 2.45) is 0 Å². The van der Waals surface area contributed by atoms with Gasteiger partial charge in [0.25, 0.3) is 0 Å². The molecule has 1 aliphatic heterocycles. The van der Waals surface area contributed by atoms with Crippen molar-refractivity contribution in [2.45, 2.75) is 6.42 Å².